The van der Waals surface area contributed by atoms with Gasteiger partial charge >= 0.3 is 0 Å². The number of carbonyl (C=O) groups is 1. The lowest BCUT2D eigenvalue weighted by Gasteiger charge is -2.35. The summed E-state index contributed by atoms with van der Waals surface area (Å²) in [4.78, 5) is 24.5. The first kappa shape index (κ1) is 22.2. The Kier molecular flexibility index (Phi) is 6.78. The zero-order valence-electron chi connectivity index (χ0n) is 19.5. The molecule has 1 amide bonds. The van der Waals surface area contributed by atoms with Crippen LogP contribution in [0.15, 0.2) is 42.6 Å². The SMILES string of the molecule is CN1CCN(c2ccccc2CC2CCN(c3ccc(OC4CCOCC4)nc3)C2=O)CC1. The van der Waals surface area contributed by atoms with Crippen molar-refractivity contribution < 1.29 is 14.3 Å². The Morgan fingerprint density at radius 1 is 1.00 bits per heavy atom. The van der Waals surface area contributed by atoms with Gasteiger partial charge in [-0.2, -0.15) is 0 Å². The minimum absolute atomic E-state index is 0.0109. The minimum Gasteiger partial charge on any atom is -0.474 e. The topological polar surface area (TPSA) is 58.1 Å². The van der Waals surface area contributed by atoms with Crippen LogP contribution >= 0.6 is 0 Å². The second-order valence-electron chi connectivity index (χ2n) is 9.38. The zero-order chi connectivity index (χ0) is 22.6. The molecule has 33 heavy (non-hydrogen) atoms. The third-order valence-corrected chi connectivity index (χ3v) is 7.11. The molecule has 2 aromatic rings. The molecule has 4 heterocycles. The fraction of sp³-hybridized carbons (Fsp3) is 0.538. The Hall–Kier alpha value is -2.64. The summed E-state index contributed by atoms with van der Waals surface area (Å²) in [5.74, 6) is 0.829. The van der Waals surface area contributed by atoms with E-state index < -0.39 is 0 Å². The minimum atomic E-state index is 0.0109. The molecule has 1 atom stereocenters. The number of rotatable bonds is 6. The van der Waals surface area contributed by atoms with Gasteiger partial charge in [0.05, 0.1) is 25.1 Å². The lowest BCUT2D eigenvalue weighted by Crippen LogP contribution is -2.44. The Morgan fingerprint density at radius 2 is 1.79 bits per heavy atom. The standard InChI is InChI=1S/C26H34N4O3/c1-28-12-14-29(15-13-28)24-5-3-2-4-20(24)18-21-8-11-30(26(21)31)22-6-7-25(27-19-22)33-23-9-16-32-17-10-23/h2-7,19,21,23H,8-18H2,1H3. The Labute approximate surface area is 196 Å². The third-order valence-electron chi connectivity index (χ3n) is 7.11. The van der Waals surface area contributed by atoms with E-state index in [-0.39, 0.29) is 17.9 Å². The summed E-state index contributed by atoms with van der Waals surface area (Å²) in [6.45, 7) is 6.44. The zero-order valence-corrected chi connectivity index (χ0v) is 19.5. The van der Waals surface area contributed by atoms with Gasteiger partial charge in [-0.25, -0.2) is 4.98 Å². The van der Waals surface area contributed by atoms with Crippen molar-refractivity contribution in [2.45, 2.75) is 31.8 Å². The van der Waals surface area contributed by atoms with Gasteiger partial charge in [-0.15, -0.1) is 0 Å². The Morgan fingerprint density at radius 3 is 2.55 bits per heavy atom. The summed E-state index contributed by atoms with van der Waals surface area (Å²) < 4.78 is 11.4. The molecule has 0 saturated carbocycles. The van der Waals surface area contributed by atoms with E-state index in [2.05, 4.69) is 46.1 Å². The van der Waals surface area contributed by atoms with Crippen LogP contribution in [-0.2, 0) is 16.0 Å². The van der Waals surface area contributed by atoms with Crippen LogP contribution in [0, 0.1) is 5.92 Å². The van der Waals surface area contributed by atoms with Gasteiger partial charge in [0.2, 0.25) is 11.8 Å². The van der Waals surface area contributed by atoms with E-state index in [4.69, 9.17) is 9.47 Å². The van der Waals surface area contributed by atoms with Gasteiger partial charge in [-0.05, 0) is 37.6 Å². The van der Waals surface area contributed by atoms with E-state index in [1.54, 1.807) is 6.20 Å². The van der Waals surface area contributed by atoms with Gasteiger partial charge in [0.1, 0.15) is 6.10 Å². The molecule has 176 valence electrons. The van der Waals surface area contributed by atoms with E-state index >= 15 is 0 Å². The van der Waals surface area contributed by atoms with Crippen LogP contribution < -0.4 is 14.5 Å². The normalized spacial score (nSPS) is 22.7. The van der Waals surface area contributed by atoms with Crippen LogP contribution in [0.4, 0.5) is 11.4 Å². The maximum Gasteiger partial charge on any atom is 0.230 e. The number of para-hydroxylation sites is 1. The lowest BCUT2D eigenvalue weighted by molar-refractivity contribution is -0.120. The van der Waals surface area contributed by atoms with E-state index in [0.29, 0.717) is 5.88 Å². The molecule has 0 aliphatic carbocycles. The van der Waals surface area contributed by atoms with Gasteiger partial charge < -0.3 is 24.2 Å². The average Bonchev–Trinajstić information content (AvgIpc) is 3.21. The first-order valence-corrected chi connectivity index (χ1v) is 12.2. The molecule has 1 aromatic carbocycles. The number of pyridine rings is 1. The molecular formula is C26H34N4O3. The highest BCUT2D eigenvalue weighted by atomic mass is 16.5. The van der Waals surface area contributed by atoms with E-state index in [1.165, 1.54) is 11.3 Å². The number of hydrogen-bond acceptors (Lipinski definition) is 6. The highest BCUT2D eigenvalue weighted by Gasteiger charge is 2.33. The number of hydrogen-bond donors (Lipinski definition) is 0. The number of benzene rings is 1. The van der Waals surface area contributed by atoms with Crippen molar-refractivity contribution in [1.29, 1.82) is 0 Å². The molecule has 0 spiro atoms. The second-order valence-corrected chi connectivity index (χ2v) is 9.38. The number of carbonyl (C=O) groups excluding carboxylic acids is 1. The molecule has 0 bridgehead atoms. The number of aromatic nitrogens is 1. The highest BCUT2D eigenvalue weighted by molar-refractivity contribution is 5.97. The molecule has 5 rings (SSSR count). The molecule has 7 nitrogen and oxygen atoms in total. The quantitative estimate of drug-likeness (QED) is 0.675. The summed E-state index contributed by atoms with van der Waals surface area (Å²) in [5, 5.41) is 0. The van der Waals surface area contributed by atoms with Crippen molar-refractivity contribution in [2.75, 3.05) is 62.8 Å². The number of piperazine rings is 1. The smallest absolute Gasteiger partial charge is 0.230 e. The number of anilines is 2. The molecule has 3 aliphatic rings. The summed E-state index contributed by atoms with van der Waals surface area (Å²) in [6, 6.07) is 12.4. The fourth-order valence-corrected chi connectivity index (χ4v) is 5.06. The Balaban J connectivity index is 1.22. The van der Waals surface area contributed by atoms with Crippen molar-refractivity contribution in [2.24, 2.45) is 5.92 Å². The van der Waals surface area contributed by atoms with Gasteiger partial charge in [-0.3, -0.25) is 4.79 Å². The average molecular weight is 451 g/mol. The largest absolute Gasteiger partial charge is 0.474 e. The molecule has 0 radical (unpaired) electrons. The number of nitrogens with zero attached hydrogens (tertiary/aromatic N) is 4. The molecule has 3 aliphatic heterocycles. The van der Waals surface area contributed by atoms with Crippen molar-refractivity contribution in [3.63, 3.8) is 0 Å². The molecule has 7 heteroatoms. The molecule has 0 N–H and O–H groups in total. The fourth-order valence-electron chi connectivity index (χ4n) is 5.06. The van der Waals surface area contributed by atoms with E-state index in [1.807, 2.05) is 17.0 Å². The number of likely N-dealkylation sites (N-methyl/N-ethyl adjacent to an activating group) is 1. The molecule has 1 unspecified atom stereocenters. The highest BCUT2D eigenvalue weighted by Crippen LogP contribution is 2.31. The van der Waals surface area contributed by atoms with Crippen molar-refractivity contribution >= 4 is 17.3 Å². The second kappa shape index (κ2) is 10.1. The van der Waals surface area contributed by atoms with Gasteiger partial charge in [0, 0.05) is 63.2 Å². The van der Waals surface area contributed by atoms with Crippen LogP contribution in [0.1, 0.15) is 24.8 Å². The molecule has 3 fully saturated rings. The van der Waals surface area contributed by atoms with Crippen molar-refractivity contribution in [3.8, 4) is 5.88 Å². The van der Waals surface area contributed by atoms with Crippen LogP contribution in [0.3, 0.4) is 0 Å². The van der Waals surface area contributed by atoms with Gasteiger partial charge in [-0.1, -0.05) is 18.2 Å². The lowest BCUT2D eigenvalue weighted by atomic mass is 9.96. The molecule has 1 aromatic heterocycles. The van der Waals surface area contributed by atoms with Crippen LogP contribution in [0.25, 0.3) is 0 Å². The van der Waals surface area contributed by atoms with Crippen molar-refractivity contribution in [3.05, 3.63) is 48.2 Å². The van der Waals surface area contributed by atoms with E-state index in [0.717, 1.165) is 77.3 Å². The van der Waals surface area contributed by atoms with Crippen LogP contribution in [-0.4, -0.2) is 74.9 Å². The predicted molar refractivity (Wildman–Crippen MR) is 129 cm³/mol. The van der Waals surface area contributed by atoms with E-state index in [9.17, 15) is 4.79 Å². The van der Waals surface area contributed by atoms with Crippen LogP contribution in [0.2, 0.25) is 0 Å². The summed E-state index contributed by atoms with van der Waals surface area (Å²) in [5.41, 5.74) is 3.42. The van der Waals surface area contributed by atoms with Crippen LogP contribution in [0.5, 0.6) is 5.88 Å². The summed E-state index contributed by atoms with van der Waals surface area (Å²) >= 11 is 0. The van der Waals surface area contributed by atoms with Crippen molar-refractivity contribution in [1.82, 2.24) is 9.88 Å². The molecule has 3 saturated heterocycles. The third kappa shape index (κ3) is 5.14. The van der Waals surface area contributed by atoms with Gasteiger partial charge in [0.15, 0.2) is 0 Å². The monoisotopic (exact) mass is 450 g/mol. The summed E-state index contributed by atoms with van der Waals surface area (Å²) in [7, 11) is 2.17. The maximum absolute atomic E-state index is 13.3. The summed E-state index contributed by atoms with van der Waals surface area (Å²) in [6.07, 6.45) is 5.38. The first-order chi connectivity index (χ1) is 16.2. The number of ether oxygens (including phenoxy) is 2. The number of amides is 1. The first-order valence-electron chi connectivity index (χ1n) is 12.2. The predicted octanol–water partition coefficient (Wildman–Crippen LogP) is 2.99. The van der Waals surface area contributed by atoms with Gasteiger partial charge in [0.25, 0.3) is 0 Å². The maximum atomic E-state index is 13.3. The molecular weight excluding hydrogens is 416 g/mol. The Bertz CT molecular complexity index is 937.